The van der Waals surface area contributed by atoms with Crippen LogP contribution in [0, 0.1) is 11.7 Å². The molecule has 4 nitrogen and oxygen atoms in total. The van der Waals surface area contributed by atoms with Crippen molar-refractivity contribution >= 4 is 16.8 Å². The van der Waals surface area contributed by atoms with Gasteiger partial charge in [-0.1, -0.05) is 0 Å². The summed E-state index contributed by atoms with van der Waals surface area (Å²) in [4.78, 5) is 17.5. The molecule has 0 bridgehead atoms. The van der Waals surface area contributed by atoms with Crippen LogP contribution < -0.4 is 0 Å². The average molecular weight is 318 g/mol. The molecule has 1 aliphatic carbocycles. The smallest absolute Gasteiger partial charge is 0.227 e. The minimum absolute atomic E-state index is 0.0580. The molecule has 0 aliphatic heterocycles. The molecule has 5 heteroatoms. The van der Waals surface area contributed by atoms with Crippen molar-refractivity contribution in [1.29, 1.82) is 0 Å². The highest BCUT2D eigenvalue weighted by Gasteiger charge is 2.26. The van der Waals surface area contributed by atoms with Crippen LogP contribution in [0.25, 0.3) is 10.9 Å². The lowest BCUT2D eigenvalue weighted by atomic mass is 9.86. The summed E-state index contributed by atoms with van der Waals surface area (Å²) in [5.74, 6) is 0.149. The third-order valence-corrected chi connectivity index (χ3v) is 5.09. The van der Waals surface area contributed by atoms with Gasteiger partial charge >= 0.3 is 0 Å². The second kappa shape index (κ2) is 6.71. The van der Waals surface area contributed by atoms with Crippen LogP contribution in [-0.2, 0) is 11.2 Å². The van der Waals surface area contributed by atoms with Crippen molar-refractivity contribution in [3.8, 4) is 0 Å². The maximum Gasteiger partial charge on any atom is 0.227 e. The highest BCUT2D eigenvalue weighted by molar-refractivity contribution is 5.89. The summed E-state index contributed by atoms with van der Waals surface area (Å²) < 4.78 is 13.4. The van der Waals surface area contributed by atoms with E-state index in [1.54, 1.807) is 12.3 Å². The van der Waals surface area contributed by atoms with E-state index in [4.69, 9.17) is 0 Å². The molecule has 23 heavy (non-hydrogen) atoms. The van der Waals surface area contributed by atoms with Crippen molar-refractivity contribution in [3.63, 3.8) is 0 Å². The normalized spacial score (nSPS) is 21.5. The molecule has 0 radical (unpaired) electrons. The number of halogens is 1. The number of hydrogen-bond donors (Lipinski definition) is 2. The number of aliphatic hydroxyl groups is 1. The zero-order valence-electron chi connectivity index (χ0n) is 13.4. The molecule has 1 fully saturated rings. The molecule has 0 atom stereocenters. The van der Waals surface area contributed by atoms with E-state index in [1.165, 1.54) is 12.1 Å². The number of rotatable bonds is 4. The first kappa shape index (κ1) is 16.0. The van der Waals surface area contributed by atoms with Crippen molar-refractivity contribution < 1.29 is 14.3 Å². The Morgan fingerprint density at radius 3 is 2.78 bits per heavy atom. The van der Waals surface area contributed by atoms with E-state index in [1.807, 2.05) is 11.9 Å². The topological polar surface area (TPSA) is 56.3 Å². The summed E-state index contributed by atoms with van der Waals surface area (Å²) in [6.07, 6.45) is 5.89. The molecule has 2 aromatic rings. The molecule has 0 saturated heterocycles. The fourth-order valence-corrected chi connectivity index (χ4v) is 3.50. The van der Waals surface area contributed by atoms with Crippen LogP contribution in [0.3, 0.4) is 0 Å². The third kappa shape index (κ3) is 3.39. The Hall–Kier alpha value is -1.88. The summed E-state index contributed by atoms with van der Waals surface area (Å²) >= 11 is 0. The van der Waals surface area contributed by atoms with Crippen molar-refractivity contribution in [3.05, 3.63) is 35.8 Å². The predicted molar refractivity (Wildman–Crippen MR) is 87.6 cm³/mol. The van der Waals surface area contributed by atoms with Gasteiger partial charge in [-0.05, 0) is 55.4 Å². The van der Waals surface area contributed by atoms with Crippen LogP contribution in [0.15, 0.2) is 24.4 Å². The highest BCUT2D eigenvalue weighted by atomic mass is 19.1. The Morgan fingerprint density at radius 2 is 2.09 bits per heavy atom. The van der Waals surface area contributed by atoms with E-state index >= 15 is 0 Å². The number of carbonyl (C=O) groups excluding carboxylic acids is 1. The second-order valence-electron chi connectivity index (χ2n) is 6.54. The van der Waals surface area contributed by atoms with Crippen LogP contribution >= 0.6 is 0 Å². The molecule has 1 heterocycles. The van der Waals surface area contributed by atoms with Gasteiger partial charge < -0.3 is 15.0 Å². The maximum absolute atomic E-state index is 13.4. The van der Waals surface area contributed by atoms with Crippen molar-refractivity contribution in [1.82, 2.24) is 9.88 Å². The minimum Gasteiger partial charge on any atom is -0.396 e. The number of benzene rings is 1. The highest BCUT2D eigenvalue weighted by Crippen LogP contribution is 2.27. The summed E-state index contributed by atoms with van der Waals surface area (Å²) in [6.45, 7) is 0.241. The first-order valence-corrected chi connectivity index (χ1v) is 8.20. The lowest BCUT2D eigenvalue weighted by molar-refractivity contribution is -0.132. The summed E-state index contributed by atoms with van der Waals surface area (Å²) in [7, 11) is 1.85. The van der Waals surface area contributed by atoms with Gasteiger partial charge in [0.1, 0.15) is 5.82 Å². The van der Waals surface area contributed by atoms with Gasteiger partial charge in [-0.15, -0.1) is 0 Å². The predicted octanol–water partition coefficient (Wildman–Crippen LogP) is 2.86. The third-order valence-electron chi connectivity index (χ3n) is 5.09. The maximum atomic E-state index is 13.4. The number of H-pyrrole nitrogens is 1. The van der Waals surface area contributed by atoms with Crippen molar-refractivity contribution in [2.75, 3.05) is 13.7 Å². The molecule has 1 aromatic carbocycles. The number of aromatic nitrogens is 1. The van der Waals surface area contributed by atoms with Crippen molar-refractivity contribution in [2.24, 2.45) is 5.92 Å². The van der Waals surface area contributed by atoms with Gasteiger partial charge in [0.05, 0.1) is 6.42 Å². The number of fused-ring (bicyclic) bond motifs is 1. The SMILES string of the molecule is CN(C(=O)Cc1c[nH]c2ccc(F)cc12)C1CCC(CO)CC1. The minimum atomic E-state index is -0.290. The lowest BCUT2D eigenvalue weighted by Crippen LogP contribution is -2.40. The van der Waals surface area contributed by atoms with Crippen LogP contribution in [0.5, 0.6) is 0 Å². The Bertz CT molecular complexity index is 689. The van der Waals surface area contributed by atoms with E-state index in [0.717, 1.165) is 42.1 Å². The summed E-state index contributed by atoms with van der Waals surface area (Å²) in [6, 6.07) is 4.82. The lowest BCUT2D eigenvalue weighted by Gasteiger charge is -2.34. The van der Waals surface area contributed by atoms with Crippen LogP contribution in [0.4, 0.5) is 4.39 Å². The molecule has 1 aromatic heterocycles. The van der Waals surface area contributed by atoms with Crippen LogP contribution in [-0.4, -0.2) is 40.6 Å². The number of aromatic amines is 1. The number of hydrogen-bond acceptors (Lipinski definition) is 2. The van der Waals surface area contributed by atoms with Gasteiger partial charge in [0.15, 0.2) is 0 Å². The van der Waals surface area contributed by atoms with Gasteiger partial charge in [-0.3, -0.25) is 4.79 Å². The Labute approximate surface area is 135 Å². The zero-order valence-corrected chi connectivity index (χ0v) is 13.4. The van der Waals surface area contributed by atoms with Gasteiger partial charge in [0, 0.05) is 36.8 Å². The van der Waals surface area contributed by atoms with E-state index in [-0.39, 0.29) is 30.8 Å². The van der Waals surface area contributed by atoms with E-state index in [9.17, 15) is 14.3 Å². The van der Waals surface area contributed by atoms with Gasteiger partial charge in [-0.2, -0.15) is 0 Å². The van der Waals surface area contributed by atoms with Crippen molar-refractivity contribution in [2.45, 2.75) is 38.1 Å². The fraction of sp³-hybridized carbons (Fsp3) is 0.500. The number of likely N-dealkylation sites (N-methyl/N-ethyl adjacent to an activating group) is 1. The number of nitrogens with one attached hydrogen (secondary N) is 1. The summed E-state index contributed by atoms with van der Waals surface area (Å²) in [5.41, 5.74) is 1.68. The molecule has 2 N–H and O–H groups in total. The van der Waals surface area contributed by atoms with Gasteiger partial charge in [-0.25, -0.2) is 4.39 Å². The largest absolute Gasteiger partial charge is 0.396 e. The Balaban J connectivity index is 1.67. The van der Waals surface area contributed by atoms with E-state index in [0.29, 0.717) is 5.92 Å². The fourth-order valence-electron chi connectivity index (χ4n) is 3.50. The number of aliphatic hydroxyl groups excluding tert-OH is 1. The quantitative estimate of drug-likeness (QED) is 0.911. The zero-order chi connectivity index (χ0) is 16.4. The van der Waals surface area contributed by atoms with Crippen LogP contribution in [0.2, 0.25) is 0 Å². The molecule has 0 spiro atoms. The van der Waals surface area contributed by atoms with Gasteiger partial charge in [0.25, 0.3) is 0 Å². The van der Waals surface area contributed by atoms with Crippen LogP contribution in [0.1, 0.15) is 31.2 Å². The molecule has 1 aliphatic rings. The first-order valence-electron chi connectivity index (χ1n) is 8.20. The first-order chi connectivity index (χ1) is 11.1. The number of nitrogens with zero attached hydrogens (tertiary/aromatic N) is 1. The molecule has 1 saturated carbocycles. The standard InChI is InChI=1S/C18H23FN2O2/c1-21(15-5-2-12(11-22)3-6-15)18(23)8-13-10-20-17-7-4-14(19)9-16(13)17/h4,7,9-10,12,15,20,22H,2-3,5-6,8,11H2,1H3. The molecular formula is C18H23FN2O2. The molecule has 0 unspecified atom stereocenters. The molecule has 1 amide bonds. The van der Waals surface area contributed by atoms with Gasteiger partial charge in [0.2, 0.25) is 5.91 Å². The Kier molecular flexibility index (Phi) is 4.66. The van der Waals surface area contributed by atoms with E-state index in [2.05, 4.69) is 4.98 Å². The molecule has 3 rings (SSSR count). The second-order valence-corrected chi connectivity index (χ2v) is 6.54. The number of carbonyl (C=O) groups is 1. The number of amides is 1. The summed E-state index contributed by atoms with van der Waals surface area (Å²) in [5, 5.41) is 9.98. The Morgan fingerprint density at radius 1 is 1.35 bits per heavy atom. The molecular weight excluding hydrogens is 295 g/mol. The van der Waals surface area contributed by atoms with E-state index < -0.39 is 0 Å². The molecule has 124 valence electrons. The monoisotopic (exact) mass is 318 g/mol. The average Bonchev–Trinajstić information content (AvgIpc) is 2.96.